The monoisotopic (exact) mass is 362 g/mol. The second kappa shape index (κ2) is 8.80. The van der Waals surface area contributed by atoms with Gasteiger partial charge in [0.1, 0.15) is 11.6 Å². The van der Waals surface area contributed by atoms with Gasteiger partial charge in [0, 0.05) is 16.7 Å². The zero-order chi connectivity index (χ0) is 18.6. The number of allylic oxidation sites excluding steroid dienone is 2. The molecule has 0 amide bonds. The molecule has 0 spiro atoms. The van der Waals surface area contributed by atoms with Crippen molar-refractivity contribution in [3.8, 4) is 17.2 Å². The normalized spacial score (nSPS) is 10.9. The summed E-state index contributed by atoms with van der Waals surface area (Å²) in [6.07, 6.45) is 4.72. The fraction of sp³-hybridized carbons (Fsp3) is 0.150. The van der Waals surface area contributed by atoms with E-state index in [0.717, 1.165) is 12.2 Å². The molecule has 4 nitrogen and oxygen atoms in total. The van der Waals surface area contributed by atoms with E-state index in [-0.39, 0.29) is 41.4 Å². The van der Waals surface area contributed by atoms with Gasteiger partial charge in [0.2, 0.25) is 0 Å². The summed E-state index contributed by atoms with van der Waals surface area (Å²) in [5.74, 6) is -2.74. The van der Waals surface area contributed by atoms with Crippen molar-refractivity contribution >= 4 is 17.9 Å². The number of hydrogen-bond acceptors (Lipinski definition) is 4. The number of ketones is 1. The molecular formula is C20H20F2O4. The first-order valence-electron chi connectivity index (χ1n) is 7.28. The van der Waals surface area contributed by atoms with Crippen LogP contribution in [0.3, 0.4) is 0 Å². The van der Waals surface area contributed by atoms with Gasteiger partial charge in [-0.3, -0.25) is 4.79 Å². The maximum Gasteiger partial charge on any atom is 0.197 e. The van der Waals surface area contributed by atoms with E-state index >= 15 is 0 Å². The largest absolute Gasteiger partial charge is 0.508 e. The summed E-state index contributed by atoms with van der Waals surface area (Å²) in [5.41, 5.74) is 0.293. The third-order valence-corrected chi connectivity index (χ3v) is 3.55. The highest BCUT2D eigenvalue weighted by atomic mass is 19.1. The first-order chi connectivity index (χ1) is 11.8. The Morgan fingerprint density at radius 3 is 2.00 bits per heavy atom. The highest BCUT2D eigenvalue weighted by molar-refractivity contribution is 6.04. The summed E-state index contributed by atoms with van der Waals surface area (Å²) in [6.45, 7) is 1.42. The lowest BCUT2D eigenvalue weighted by Gasteiger charge is -2.06. The molecule has 0 aliphatic heterocycles. The van der Waals surface area contributed by atoms with Crippen molar-refractivity contribution in [1.82, 2.24) is 0 Å². The third kappa shape index (κ3) is 4.47. The van der Waals surface area contributed by atoms with Crippen LogP contribution in [0.15, 0.2) is 36.4 Å². The minimum Gasteiger partial charge on any atom is -0.508 e. The number of carbonyl (C=O) groups is 1. The van der Waals surface area contributed by atoms with Gasteiger partial charge in [0.05, 0.1) is 7.11 Å². The van der Waals surface area contributed by atoms with Gasteiger partial charge in [-0.05, 0) is 55.5 Å². The molecule has 0 aliphatic carbocycles. The topological polar surface area (TPSA) is 66.8 Å². The van der Waals surface area contributed by atoms with Gasteiger partial charge in [-0.25, -0.2) is 8.78 Å². The number of phenols is 2. The van der Waals surface area contributed by atoms with E-state index in [1.807, 2.05) is 0 Å². The van der Waals surface area contributed by atoms with Gasteiger partial charge < -0.3 is 14.9 Å². The van der Waals surface area contributed by atoms with Crippen LogP contribution >= 0.6 is 0 Å². The average molecular weight is 362 g/mol. The lowest BCUT2D eigenvalue weighted by Crippen LogP contribution is -1.93. The van der Waals surface area contributed by atoms with Crippen molar-refractivity contribution in [2.45, 2.75) is 14.4 Å². The Balaban J connectivity index is 0.00000338. The first-order valence-corrected chi connectivity index (χ1v) is 7.28. The Morgan fingerprint density at radius 1 is 0.962 bits per heavy atom. The minimum atomic E-state index is -0.796. The predicted molar refractivity (Wildman–Crippen MR) is 97.2 cm³/mol. The smallest absolute Gasteiger partial charge is 0.197 e. The number of methoxy groups -OCH3 is 1. The summed E-state index contributed by atoms with van der Waals surface area (Å²) in [7, 11) is 1.22. The van der Waals surface area contributed by atoms with E-state index in [1.165, 1.54) is 50.5 Å². The fourth-order valence-corrected chi connectivity index (χ4v) is 2.11. The molecule has 26 heavy (non-hydrogen) atoms. The molecule has 2 aromatic rings. The van der Waals surface area contributed by atoms with Crippen molar-refractivity contribution in [3.05, 3.63) is 64.7 Å². The van der Waals surface area contributed by atoms with Crippen molar-refractivity contribution in [3.63, 3.8) is 0 Å². The lowest BCUT2D eigenvalue weighted by atomic mass is 10.1. The zero-order valence-electron chi connectivity index (χ0n) is 13.6. The molecule has 0 radical (unpaired) electrons. The summed E-state index contributed by atoms with van der Waals surface area (Å²) in [4.78, 5) is 11.8. The molecule has 2 N–H and O–H groups in total. The Bertz CT molecular complexity index is 871. The third-order valence-electron chi connectivity index (χ3n) is 3.55. The van der Waals surface area contributed by atoms with Crippen LogP contribution in [0.4, 0.5) is 8.78 Å². The van der Waals surface area contributed by atoms with Crippen molar-refractivity contribution in [1.29, 1.82) is 0 Å². The molecule has 0 fully saturated rings. The molecule has 0 heterocycles. The van der Waals surface area contributed by atoms with Gasteiger partial charge in [0.15, 0.2) is 23.1 Å². The maximum atomic E-state index is 14.0. The molecular weight excluding hydrogens is 342 g/mol. The van der Waals surface area contributed by atoms with Crippen molar-refractivity contribution in [2.75, 3.05) is 7.11 Å². The second-order valence-corrected chi connectivity index (χ2v) is 5.20. The Kier molecular flexibility index (Phi) is 7.07. The first kappa shape index (κ1) is 20.9. The number of benzene rings is 2. The van der Waals surface area contributed by atoms with Gasteiger partial charge in [-0.2, -0.15) is 0 Å². The summed E-state index contributed by atoms with van der Waals surface area (Å²) < 4.78 is 32.7. The van der Waals surface area contributed by atoms with Crippen LogP contribution in [0.1, 0.15) is 24.1 Å². The Labute approximate surface area is 150 Å². The number of rotatable bonds is 5. The molecule has 0 aliphatic rings. The standard InChI is InChI=1S/C19H16F2O4.CH4/c1-11-15(23)9-5-12(17(11)20)3-7-14(22)8-4-13-6-10-16(24)19(25-2)18(13)21;/h3-10,23-24H,1-2H3;1H4/b7-3+,8-4+;. The van der Waals surface area contributed by atoms with Gasteiger partial charge in [-0.1, -0.05) is 7.43 Å². The average Bonchev–Trinajstić information content (AvgIpc) is 2.59. The van der Waals surface area contributed by atoms with E-state index in [9.17, 15) is 23.8 Å². The highest BCUT2D eigenvalue weighted by Crippen LogP contribution is 2.31. The number of ether oxygens (including phenoxy) is 1. The zero-order valence-corrected chi connectivity index (χ0v) is 13.6. The molecule has 2 rings (SSSR count). The molecule has 0 unspecified atom stereocenters. The van der Waals surface area contributed by atoms with Crippen molar-refractivity contribution < 1.29 is 28.5 Å². The van der Waals surface area contributed by atoms with Crippen molar-refractivity contribution in [2.24, 2.45) is 0 Å². The molecule has 0 saturated carbocycles. The van der Waals surface area contributed by atoms with Crippen LogP contribution < -0.4 is 4.74 Å². The second-order valence-electron chi connectivity index (χ2n) is 5.20. The highest BCUT2D eigenvalue weighted by Gasteiger charge is 2.12. The number of aromatic hydroxyl groups is 2. The maximum absolute atomic E-state index is 14.0. The van der Waals surface area contributed by atoms with Crippen LogP contribution in [0.5, 0.6) is 17.2 Å². The molecule has 0 atom stereocenters. The van der Waals surface area contributed by atoms with Gasteiger partial charge >= 0.3 is 0 Å². The number of phenolic OH excluding ortho intramolecular Hbond substituents is 2. The van der Waals surface area contributed by atoms with Gasteiger partial charge in [0.25, 0.3) is 0 Å². The van der Waals surface area contributed by atoms with Crippen LogP contribution in [0, 0.1) is 18.6 Å². The van der Waals surface area contributed by atoms with Crippen LogP contribution in [-0.2, 0) is 4.79 Å². The molecule has 0 saturated heterocycles. The van der Waals surface area contributed by atoms with Gasteiger partial charge in [-0.15, -0.1) is 0 Å². The number of carbonyl (C=O) groups excluding carboxylic acids is 1. The van der Waals surface area contributed by atoms with E-state index in [1.54, 1.807) is 0 Å². The number of halogens is 2. The van der Waals surface area contributed by atoms with Crippen LogP contribution in [-0.4, -0.2) is 23.1 Å². The van der Waals surface area contributed by atoms with E-state index in [0.29, 0.717) is 0 Å². The summed E-state index contributed by atoms with van der Waals surface area (Å²) in [5, 5.41) is 18.8. The van der Waals surface area contributed by atoms with E-state index in [2.05, 4.69) is 0 Å². The molecule has 2 aromatic carbocycles. The Hall–Kier alpha value is -3.15. The fourth-order valence-electron chi connectivity index (χ4n) is 2.11. The van der Waals surface area contributed by atoms with E-state index < -0.39 is 17.4 Å². The minimum absolute atomic E-state index is 0. The summed E-state index contributed by atoms with van der Waals surface area (Å²) >= 11 is 0. The molecule has 6 heteroatoms. The number of hydrogen-bond donors (Lipinski definition) is 2. The SMILES string of the molecule is C.COc1c(O)ccc(/C=C/C(=O)/C=C/c2ccc(O)c(C)c2F)c1F. The van der Waals surface area contributed by atoms with Crippen LogP contribution in [0.25, 0.3) is 12.2 Å². The van der Waals surface area contributed by atoms with E-state index in [4.69, 9.17) is 4.74 Å². The predicted octanol–water partition coefficient (Wildman–Crippen LogP) is 4.62. The van der Waals surface area contributed by atoms with Crippen LogP contribution in [0.2, 0.25) is 0 Å². The lowest BCUT2D eigenvalue weighted by molar-refractivity contribution is -0.110. The molecule has 138 valence electrons. The quantitative estimate of drug-likeness (QED) is 0.762. The summed E-state index contributed by atoms with van der Waals surface area (Å²) in [6, 6.07) is 5.21. The molecule has 0 bridgehead atoms. The molecule has 0 aromatic heterocycles. The Morgan fingerprint density at radius 2 is 1.46 bits per heavy atom.